The number of thiophene rings is 1. The van der Waals surface area contributed by atoms with Crippen molar-refractivity contribution in [3.8, 4) is 0 Å². The second-order valence-electron chi connectivity index (χ2n) is 4.80. The van der Waals surface area contributed by atoms with Crippen LogP contribution in [0.3, 0.4) is 0 Å². The molecule has 1 nitrogen and oxygen atoms in total. The summed E-state index contributed by atoms with van der Waals surface area (Å²) in [5, 5.41) is 5.71. The predicted molar refractivity (Wildman–Crippen MR) is 79.9 cm³/mol. The average molecular weight is 277 g/mol. The summed E-state index contributed by atoms with van der Waals surface area (Å²) in [4.78, 5) is 1.35. The molecule has 2 rings (SSSR count). The maximum atomic E-state index is 13.3. The summed E-state index contributed by atoms with van der Waals surface area (Å²) in [6.07, 6.45) is 2.23. The molecule has 1 aromatic carbocycles. The number of halogens is 1. The molecule has 1 heterocycles. The van der Waals surface area contributed by atoms with E-state index < -0.39 is 0 Å². The van der Waals surface area contributed by atoms with E-state index in [-0.39, 0.29) is 11.9 Å². The zero-order valence-electron chi connectivity index (χ0n) is 11.4. The van der Waals surface area contributed by atoms with Crippen molar-refractivity contribution in [3.63, 3.8) is 0 Å². The molecule has 0 bridgehead atoms. The van der Waals surface area contributed by atoms with Crippen LogP contribution in [-0.4, -0.2) is 0 Å². The van der Waals surface area contributed by atoms with E-state index in [1.54, 1.807) is 23.5 Å². The van der Waals surface area contributed by atoms with Gasteiger partial charge in [-0.15, -0.1) is 11.3 Å². The Kier molecular flexibility index (Phi) is 5.11. The van der Waals surface area contributed by atoms with Crippen LogP contribution in [0, 0.1) is 5.82 Å². The van der Waals surface area contributed by atoms with Crippen molar-refractivity contribution in [2.75, 3.05) is 0 Å². The van der Waals surface area contributed by atoms with E-state index in [2.05, 4.69) is 36.7 Å². The van der Waals surface area contributed by atoms with Crippen molar-refractivity contribution >= 4 is 11.3 Å². The topological polar surface area (TPSA) is 12.0 Å². The summed E-state index contributed by atoms with van der Waals surface area (Å²) >= 11 is 1.77. The Morgan fingerprint density at radius 2 is 2.11 bits per heavy atom. The van der Waals surface area contributed by atoms with Crippen LogP contribution in [-0.2, 0) is 0 Å². The second-order valence-corrected chi connectivity index (χ2v) is 5.78. The van der Waals surface area contributed by atoms with Gasteiger partial charge < -0.3 is 5.32 Å². The summed E-state index contributed by atoms with van der Waals surface area (Å²) < 4.78 is 13.3. The van der Waals surface area contributed by atoms with Gasteiger partial charge in [0.1, 0.15) is 5.82 Å². The van der Waals surface area contributed by atoms with Crippen LogP contribution in [0.25, 0.3) is 0 Å². The molecule has 3 heteroatoms. The van der Waals surface area contributed by atoms with Gasteiger partial charge in [-0.05, 0) is 42.5 Å². The van der Waals surface area contributed by atoms with E-state index >= 15 is 0 Å². The monoisotopic (exact) mass is 277 g/mol. The predicted octanol–water partition coefficient (Wildman–Crippen LogP) is 5.08. The molecule has 102 valence electrons. The van der Waals surface area contributed by atoms with Gasteiger partial charge >= 0.3 is 0 Å². The second kappa shape index (κ2) is 6.83. The van der Waals surface area contributed by atoms with Crippen molar-refractivity contribution in [3.05, 3.63) is 58.0 Å². The molecular weight excluding hydrogens is 257 g/mol. The van der Waals surface area contributed by atoms with Gasteiger partial charge in [0.25, 0.3) is 0 Å². The first-order valence-corrected chi connectivity index (χ1v) is 7.63. The number of nitrogens with one attached hydrogen (secondary N) is 1. The first kappa shape index (κ1) is 14.2. The number of benzene rings is 1. The Morgan fingerprint density at radius 3 is 2.74 bits per heavy atom. The lowest BCUT2D eigenvalue weighted by Gasteiger charge is -2.22. The third-order valence-electron chi connectivity index (χ3n) is 3.26. The zero-order valence-corrected chi connectivity index (χ0v) is 12.2. The van der Waals surface area contributed by atoms with Crippen molar-refractivity contribution < 1.29 is 4.39 Å². The fourth-order valence-corrected chi connectivity index (χ4v) is 3.08. The average Bonchev–Trinajstić information content (AvgIpc) is 2.92. The molecule has 0 saturated carbocycles. The minimum atomic E-state index is -0.172. The Hall–Kier alpha value is -1.19. The smallest absolute Gasteiger partial charge is 0.123 e. The molecule has 0 aliphatic rings. The van der Waals surface area contributed by atoms with E-state index in [0.29, 0.717) is 6.04 Å². The third-order valence-corrected chi connectivity index (χ3v) is 4.25. The SMILES string of the molecule is CCCC(NC(C)c1cccc(F)c1)c1cccs1. The highest BCUT2D eigenvalue weighted by Crippen LogP contribution is 2.26. The molecule has 0 saturated heterocycles. The standard InChI is InChI=1S/C16H20FNS/c1-3-6-15(16-9-5-10-19-16)18-12(2)13-7-4-8-14(17)11-13/h4-5,7-12,15,18H,3,6H2,1-2H3. The third kappa shape index (κ3) is 3.88. The fraction of sp³-hybridized carbons (Fsp3) is 0.375. The van der Waals surface area contributed by atoms with Crippen LogP contribution in [0.5, 0.6) is 0 Å². The molecule has 1 N–H and O–H groups in total. The molecule has 2 atom stereocenters. The van der Waals surface area contributed by atoms with Crippen LogP contribution < -0.4 is 5.32 Å². The molecule has 0 radical (unpaired) electrons. The number of hydrogen-bond donors (Lipinski definition) is 1. The first-order valence-electron chi connectivity index (χ1n) is 6.75. The molecule has 0 aliphatic carbocycles. The minimum Gasteiger partial charge on any atom is -0.303 e. The zero-order chi connectivity index (χ0) is 13.7. The van der Waals surface area contributed by atoms with Crippen molar-refractivity contribution in [2.45, 2.75) is 38.8 Å². The summed E-state index contributed by atoms with van der Waals surface area (Å²) in [7, 11) is 0. The lowest BCUT2D eigenvalue weighted by Crippen LogP contribution is -2.24. The molecule has 2 aromatic rings. The molecule has 19 heavy (non-hydrogen) atoms. The minimum absolute atomic E-state index is 0.148. The normalized spacial score (nSPS) is 14.3. The van der Waals surface area contributed by atoms with Crippen LogP contribution in [0.4, 0.5) is 4.39 Å². The quantitative estimate of drug-likeness (QED) is 0.776. The summed E-state index contributed by atoms with van der Waals surface area (Å²) in [6, 6.07) is 11.6. The molecule has 0 amide bonds. The van der Waals surface area contributed by atoms with Gasteiger partial charge in [-0.2, -0.15) is 0 Å². The molecule has 0 spiro atoms. The van der Waals surface area contributed by atoms with Gasteiger partial charge in [0, 0.05) is 17.0 Å². The van der Waals surface area contributed by atoms with Crippen LogP contribution in [0.1, 0.15) is 49.2 Å². The van der Waals surface area contributed by atoms with Crippen molar-refractivity contribution in [2.24, 2.45) is 0 Å². The Morgan fingerprint density at radius 1 is 1.26 bits per heavy atom. The van der Waals surface area contributed by atoms with E-state index in [4.69, 9.17) is 0 Å². The first-order chi connectivity index (χ1) is 9.20. The number of hydrogen-bond acceptors (Lipinski definition) is 2. The van der Waals surface area contributed by atoms with Crippen LogP contribution >= 0.6 is 11.3 Å². The van der Waals surface area contributed by atoms with Gasteiger partial charge in [0.15, 0.2) is 0 Å². The lowest BCUT2D eigenvalue weighted by atomic mass is 10.0. The summed E-state index contributed by atoms with van der Waals surface area (Å²) in [6.45, 7) is 4.28. The van der Waals surface area contributed by atoms with Gasteiger partial charge in [0.05, 0.1) is 0 Å². The largest absolute Gasteiger partial charge is 0.303 e. The highest BCUT2D eigenvalue weighted by molar-refractivity contribution is 7.10. The number of rotatable bonds is 6. The van der Waals surface area contributed by atoms with E-state index in [9.17, 15) is 4.39 Å². The van der Waals surface area contributed by atoms with E-state index in [0.717, 1.165) is 18.4 Å². The van der Waals surface area contributed by atoms with Gasteiger partial charge in [-0.3, -0.25) is 0 Å². The van der Waals surface area contributed by atoms with Gasteiger partial charge in [-0.1, -0.05) is 31.5 Å². The summed E-state index contributed by atoms with van der Waals surface area (Å²) in [5.41, 5.74) is 0.998. The molecule has 1 aromatic heterocycles. The highest BCUT2D eigenvalue weighted by atomic mass is 32.1. The van der Waals surface area contributed by atoms with Gasteiger partial charge in [-0.25, -0.2) is 4.39 Å². The lowest BCUT2D eigenvalue weighted by molar-refractivity contribution is 0.443. The van der Waals surface area contributed by atoms with Crippen molar-refractivity contribution in [1.29, 1.82) is 0 Å². The van der Waals surface area contributed by atoms with E-state index in [1.165, 1.54) is 10.9 Å². The van der Waals surface area contributed by atoms with E-state index in [1.807, 2.05) is 6.07 Å². The Balaban J connectivity index is 2.09. The fourth-order valence-electron chi connectivity index (χ4n) is 2.26. The molecular formula is C16H20FNS. The highest BCUT2D eigenvalue weighted by Gasteiger charge is 2.15. The van der Waals surface area contributed by atoms with Crippen LogP contribution in [0.2, 0.25) is 0 Å². The van der Waals surface area contributed by atoms with Crippen LogP contribution in [0.15, 0.2) is 41.8 Å². The molecule has 0 aliphatic heterocycles. The Labute approximate surface area is 118 Å². The maximum Gasteiger partial charge on any atom is 0.123 e. The maximum absolute atomic E-state index is 13.3. The molecule has 0 fully saturated rings. The van der Waals surface area contributed by atoms with Gasteiger partial charge in [0.2, 0.25) is 0 Å². The summed E-state index contributed by atoms with van der Waals surface area (Å²) in [5.74, 6) is -0.172. The van der Waals surface area contributed by atoms with Crippen molar-refractivity contribution in [1.82, 2.24) is 5.32 Å². The molecule has 2 unspecified atom stereocenters. The Bertz CT molecular complexity index is 495.